The molecule has 0 saturated heterocycles. The van der Waals surface area contributed by atoms with Crippen molar-refractivity contribution in [1.29, 1.82) is 0 Å². The van der Waals surface area contributed by atoms with Crippen LogP contribution in [0.5, 0.6) is 5.88 Å². The number of nitrogens with zero attached hydrogens (tertiary/aromatic N) is 1. The van der Waals surface area contributed by atoms with Crippen LogP contribution in [0.3, 0.4) is 0 Å². The zero-order valence-electron chi connectivity index (χ0n) is 7.98. The molecule has 0 fully saturated rings. The van der Waals surface area contributed by atoms with Gasteiger partial charge < -0.3 is 14.9 Å². The van der Waals surface area contributed by atoms with Gasteiger partial charge in [0.1, 0.15) is 5.15 Å². The lowest BCUT2D eigenvalue weighted by molar-refractivity contribution is -0.139. The van der Waals surface area contributed by atoms with E-state index < -0.39 is 18.5 Å². The van der Waals surface area contributed by atoms with Gasteiger partial charge in [-0.3, -0.25) is 4.79 Å². The second kappa shape index (κ2) is 4.95. The summed E-state index contributed by atoms with van der Waals surface area (Å²) in [5.41, 5.74) is 0.310. The lowest BCUT2D eigenvalue weighted by atomic mass is 10.1. The number of hydrogen-bond acceptors (Lipinski definition) is 4. The summed E-state index contributed by atoms with van der Waals surface area (Å²) >= 11 is 5.62. The fourth-order valence-electron chi connectivity index (χ4n) is 1.12. The standard InChI is InChI=1S/C9H10ClNO4/c1-15-9-5(2-3-7(10)11-9)6(12)4-8(13)14/h2-3,6,12H,4H2,1H3,(H,13,14)/t6-/m0/s1. The van der Waals surface area contributed by atoms with Gasteiger partial charge in [0.2, 0.25) is 5.88 Å². The molecule has 0 aliphatic heterocycles. The van der Waals surface area contributed by atoms with Crippen LogP contribution in [0.2, 0.25) is 5.15 Å². The Morgan fingerprint density at radius 2 is 2.33 bits per heavy atom. The van der Waals surface area contributed by atoms with E-state index in [0.717, 1.165) is 0 Å². The number of aliphatic carboxylic acids is 1. The number of aliphatic hydroxyl groups excluding tert-OH is 1. The molecule has 1 rings (SSSR count). The second-order valence-corrected chi connectivity index (χ2v) is 3.23. The molecule has 1 aromatic rings. The summed E-state index contributed by atoms with van der Waals surface area (Å²) in [6.07, 6.45) is -1.55. The van der Waals surface area contributed by atoms with Gasteiger partial charge in [-0.05, 0) is 12.1 Å². The third kappa shape index (κ3) is 3.07. The van der Waals surface area contributed by atoms with Gasteiger partial charge in [0.25, 0.3) is 0 Å². The van der Waals surface area contributed by atoms with Crippen LogP contribution in [-0.4, -0.2) is 28.3 Å². The first-order valence-electron chi connectivity index (χ1n) is 4.15. The van der Waals surface area contributed by atoms with E-state index in [0.29, 0.717) is 5.56 Å². The van der Waals surface area contributed by atoms with Crippen molar-refractivity contribution in [3.63, 3.8) is 0 Å². The van der Waals surface area contributed by atoms with Crippen LogP contribution in [0.1, 0.15) is 18.1 Å². The zero-order valence-corrected chi connectivity index (χ0v) is 8.73. The van der Waals surface area contributed by atoms with Gasteiger partial charge in [-0.15, -0.1) is 0 Å². The van der Waals surface area contributed by atoms with Crippen molar-refractivity contribution in [2.75, 3.05) is 7.11 Å². The molecule has 15 heavy (non-hydrogen) atoms. The fraction of sp³-hybridized carbons (Fsp3) is 0.333. The van der Waals surface area contributed by atoms with E-state index in [1.54, 1.807) is 0 Å². The van der Waals surface area contributed by atoms with Crippen molar-refractivity contribution in [1.82, 2.24) is 4.98 Å². The first-order valence-corrected chi connectivity index (χ1v) is 4.52. The van der Waals surface area contributed by atoms with E-state index >= 15 is 0 Å². The molecule has 0 aromatic carbocycles. The van der Waals surface area contributed by atoms with Gasteiger partial charge in [0.05, 0.1) is 19.6 Å². The highest BCUT2D eigenvalue weighted by Gasteiger charge is 2.17. The highest BCUT2D eigenvalue weighted by Crippen LogP contribution is 2.26. The van der Waals surface area contributed by atoms with Crippen LogP contribution in [-0.2, 0) is 4.79 Å². The third-order valence-electron chi connectivity index (χ3n) is 1.78. The third-order valence-corrected chi connectivity index (χ3v) is 1.99. The molecule has 0 spiro atoms. The van der Waals surface area contributed by atoms with Crippen molar-refractivity contribution < 1.29 is 19.7 Å². The van der Waals surface area contributed by atoms with Crippen molar-refractivity contribution in [2.24, 2.45) is 0 Å². The van der Waals surface area contributed by atoms with Gasteiger partial charge in [-0.1, -0.05) is 11.6 Å². The topological polar surface area (TPSA) is 79.7 Å². The molecule has 1 aromatic heterocycles. The van der Waals surface area contributed by atoms with E-state index in [1.165, 1.54) is 19.2 Å². The number of carbonyl (C=O) groups is 1. The first kappa shape index (κ1) is 11.7. The smallest absolute Gasteiger partial charge is 0.306 e. The van der Waals surface area contributed by atoms with Crippen molar-refractivity contribution in [3.8, 4) is 5.88 Å². The summed E-state index contributed by atoms with van der Waals surface area (Å²) < 4.78 is 4.88. The number of pyridine rings is 1. The maximum atomic E-state index is 10.4. The lowest BCUT2D eigenvalue weighted by Crippen LogP contribution is -2.07. The number of methoxy groups -OCH3 is 1. The van der Waals surface area contributed by atoms with Crippen LogP contribution >= 0.6 is 11.6 Å². The van der Waals surface area contributed by atoms with Crippen LogP contribution in [0.15, 0.2) is 12.1 Å². The highest BCUT2D eigenvalue weighted by atomic mass is 35.5. The van der Waals surface area contributed by atoms with Crippen LogP contribution in [0, 0.1) is 0 Å². The van der Waals surface area contributed by atoms with Crippen molar-refractivity contribution in [2.45, 2.75) is 12.5 Å². The van der Waals surface area contributed by atoms with Crippen molar-refractivity contribution >= 4 is 17.6 Å². The number of carboxylic acids is 1. The Morgan fingerprint density at radius 3 is 2.87 bits per heavy atom. The number of rotatable bonds is 4. The van der Waals surface area contributed by atoms with Gasteiger partial charge in [0, 0.05) is 5.56 Å². The Bertz CT molecular complexity index is 369. The largest absolute Gasteiger partial charge is 0.481 e. The minimum absolute atomic E-state index is 0.135. The maximum Gasteiger partial charge on any atom is 0.306 e. The van der Waals surface area contributed by atoms with Crippen LogP contribution in [0.4, 0.5) is 0 Å². The van der Waals surface area contributed by atoms with Crippen LogP contribution in [0.25, 0.3) is 0 Å². The highest BCUT2D eigenvalue weighted by molar-refractivity contribution is 6.29. The first-order chi connectivity index (χ1) is 7.04. The summed E-state index contributed by atoms with van der Waals surface area (Å²) in [7, 11) is 1.37. The molecule has 0 amide bonds. The summed E-state index contributed by atoms with van der Waals surface area (Å²) in [4.78, 5) is 14.2. The monoisotopic (exact) mass is 231 g/mol. The Kier molecular flexibility index (Phi) is 3.88. The quantitative estimate of drug-likeness (QED) is 0.763. The maximum absolute atomic E-state index is 10.4. The molecule has 0 radical (unpaired) electrons. The Labute approximate surface area is 91.3 Å². The van der Waals surface area contributed by atoms with Gasteiger partial charge in [-0.2, -0.15) is 0 Å². The predicted octanol–water partition coefficient (Wildman–Crippen LogP) is 1.25. The Balaban J connectivity index is 2.97. The molecule has 0 unspecified atom stereocenters. The fourth-order valence-corrected chi connectivity index (χ4v) is 1.26. The normalized spacial score (nSPS) is 12.2. The second-order valence-electron chi connectivity index (χ2n) is 2.85. The molecular weight excluding hydrogens is 222 g/mol. The molecule has 2 N–H and O–H groups in total. The molecule has 82 valence electrons. The Morgan fingerprint density at radius 1 is 1.67 bits per heavy atom. The molecule has 0 aliphatic carbocycles. The summed E-state index contributed by atoms with van der Waals surface area (Å²) in [6, 6.07) is 2.95. The number of aliphatic hydroxyl groups is 1. The molecule has 1 atom stereocenters. The van der Waals surface area contributed by atoms with Crippen molar-refractivity contribution in [3.05, 3.63) is 22.8 Å². The Hall–Kier alpha value is -1.33. The summed E-state index contributed by atoms with van der Waals surface area (Å²) in [5, 5.41) is 18.3. The molecule has 0 saturated carbocycles. The number of ether oxygens (including phenoxy) is 1. The van der Waals surface area contributed by atoms with E-state index in [2.05, 4.69) is 4.98 Å². The molecule has 0 bridgehead atoms. The average molecular weight is 232 g/mol. The van der Waals surface area contributed by atoms with E-state index in [-0.39, 0.29) is 11.0 Å². The van der Waals surface area contributed by atoms with E-state index in [9.17, 15) is 9.90 Å². The molecule has 0 aliphatic rings. The molecular formula is C9H10ClNO4. The summed E-state index contributed by atoms with van der Waals surface area (Å²) in [5.74, 6) is -0.962. The number of hydrogen-bond donors (Lipinski definition) is 2. The zero-order chi connectivity index (χ0) is 11.4. The predicted molar refractivity (Wildman–Crippen MR) is 53.0 cm³/mol. The number of carboxylic acid groups (broad SMARTS) is 1. The lowest BCUT2D eigenvalue weighted by Gasteiger charge is -2.11. The number of halogens is 1. The van der Waals surface area contributed by atoms with Gasteiger partial charge >= 0.3 is 5.97 Å². The van der Waals surface area contributed by atoms with E-state index in [4.69, 9.17) is 21.4 Å². The van der Waals surface area contributed by atoms with E-state index in [1.807, 2.05) is 0 Å². The van der Waals surface area contributed by atoms with Crippen LogP contribution < -0.4 is 4.74 Å². The van der Waals surface area contributed by atoms with Gasteiger partial charge in [0.15, 0.2) is 0 Å². The number of aromatic nitrogens is 1. The SMILES string of the molecule is COc1nc(Cl)ccc1[C@@H](O)CC(=O)O. The average Bonchev–Trinajstić information content (AvgIpc) is 2.16. The molecule has 6 heteroatoms. The molecule has 5 nitrogen and oxygen atoms in total. The minimum atomic E-state index is -1.15. The van der Waals surface area contributed by atoms with Gasteiger partial charge in [-0.25, -0.2) is 4.98 Å². The molecule has 1 heterocycles. The minimum Gasteiger partial charge on any atom is -0.481 e. The summed E-state index contributed by atoms with van der Waals surface area (Å²) in [6.45, 7) is 0.